The van der Waals surface area contributed by atoms with Crippen LogP contribution in [0.3, 0.4) is 0 Å². The van der Waals surface area contributed by atoms with Crippen molar-refractivity contribution in [1.29, 1.82) is 0 Å². The van der Waals surface area contributed by atoms with E-state index in [-0.39, 0.29) is 5.89 Å². The Balaban J connectivity index is 1.72. The Morgan fingerprint density at radius 1 is 1.00 bits per heavy atom. The summed E-state index contributed by atoms with van der Waals surface area (Å²) in [4.78, 5) is 12.6. The van der Waals surface area contributed by atoms with Gasteiger partial charge in [0.1, 0.15) is 0 Å². The van der Waals surface area contributed by atoms with E-state index in [1.54, 1.807) is 25.1 Å². The van der Waals surface area contributed by atoms with Gasteiger partial charge < -0.3 is 18.6 Å². The molecular formula is C22H24N2O5. The number of esters is 1. The molecule has 2 aromatic carbocycles. The molecule has 7 heteroatoms. The van der Waals surface area contributed by atoms with Gasteiger partial charge in [0.2, 0.25) is 5.89 Å². The number of rotatable bonds is 8. The van der Waals surface area contributed by atoms with Gasteiger partial charge in [-0.15, -0.1) is 10.2 Å². The van der Waals surface area contributed by atoms with Crippen LogP contribution in [0.4, 0.5) is 0 Å². The minimum atomic E-state index is -0.698. The molecule has 0 fully saturated rings. The zero-order chi connectivity index (χ0) is 20.8. The Morgan fingerprint density at radius 2 is 1.69 bits per heavy atom. The molecular weight excluding hydrogens is 372 g/mol. The van der Waals surface area contributed by atoms with Crippen molar-refractivity contribution in [2.45, 2.75) is 33.8 Å². The Bertz CT molecular complexity index is 966. The number of ether oxygens (including phenoxy) is 3. The van der Waals surface area contributed by atoms with Crippen molar-refractivity contribution >= 4 is 5.97 Å². The van der Waals surface area contributed by atoms with Crippen molar-refractivity contribution < 1.29 is 23.4 Å². The molecule has 0 saturated carbocycles. The molecule has 0 aliphatic heterocycles. The second-order valence-corrected chi connectivity index (χ2v) is 6.39. The zero-order valence-electron chi connectivity index (χ0n) is 17.0. The lowest BCUT2D eigenvalue weighted by atomic mass is 10.1. The average Bonchev–Trinajstić information content (AvgIpc) is 3.20. The Morgan fingerprint density at radius 3 is 2.38 bits per heavy atom. The van der Waals surface area contributed by atoms with E-state index in [1.807, 2.05) is 45.0 Å². The van der Waals surface area contributed by atoms with Gasteiger partial charge in [-0.2, -0.15) is 0 Å². The van der Waals surface area contributed by atoms with Crippen molar-refractivity contribution in [2.75, 3.05) is 13.2 Å². The summed E-state index contributed by atoms with van der Waals surface area (Å²) < 4.78 is 22.2. The highest BCUT2D eigenvalue weighted by molar-refractivity contribution is 5.90. The molecule has 0 N–H and O–H groups in total. The van der Waals surface area contributed by atoms with Gasteiger partial charge in [0.25, 0.3) is 5.89 Å². The number of aryl methyl sites for hydroxylation is 1. The molecule has 1 aromatic heterocycles. The van der Waals surface area contributed by atoms with Gasteiger partial charge in [-0.1, -0.05) is 17.7 Å². The van der Waals surface area contributed by atoms with Crippen LogP contribution < -0.4 is 9.47 Å². The molecule has 0 bridgehead atoms. The monoisotopic (exact) mass is 396 g/mol. The molecule has 0 unspecified atom stereocenters. The fourth-order valence-electron chi connectivity index (χ4n) is 2.67. The number of aromatic nitrogens is 2. The molecule has 0 radical (unpaired) electrons. The quantitative estimate of drug-likeness (QED) is 0.508. The molecule has 1 atom stereocenters. The fourth-order valence-corrected chi connectivity index (χ4v) is 2.67. The first-order valence-corrected chi connectivity index (χ1v) is 9.52. The number of carbonyl (C=O) groups is 1. The lowest BCUT2D eigenvalue weighted by molar-refractivity contribution is 0.0279. The lowest BCUT2D eigenvalue weighted by Gasteiger charge is -2.13. The first-order chi connectivity index (χ1) is 14.0. The highest BCUT2D eigenvalue weighted by Gasteiger charge is 2.21. The van der Waals surface area contributed by atoms with Crippen molar-refractivity contribution in [3.63, 3.8) is 0 Å². The minimum absolute atomic E-state index is 0.227. The first-order valence-electron chi connectivity index (χ1n) is 9.52. The molecule has 3 aromatic rings. The molecule has 0 saturated heterocycles. The van der Waals surface area contributed by atoms with Crippen LogP contribution in [0, 0.1) is 6.92 Å². The normalized spacial score (nSPS) is 11.7. The molecule has 0 amide bonds. The molecule has 152 valence electrons. The van der Waals surface area contributed by atoms with Gasteiger partial charge in [0, 0.05) is 5.56 Å². The van der Waals surface area contributed by atoms with Crippen molar-refractivity contribution in [3.8, 4) is 23.0 Å². The van der Waals surface area contributed by atoms with E-state index in [2.05, 4.69) is 10.2 Å². The van der Waals surface area contributed by atoms with Gasteiger partial charge in [-0.25, -0.2) is 4.79 Å². The molecule has 0 spiro atoms. The summed E-state index contributed by atoms with van der Waals surface area (Å²) in [5, 5.41) is 8.05. The summed E-state index contributed by atoms with van der Waals surface area (Å²) in [5.41, 5.74) is 2.29. The van der Waals surface area contributed by atoms with Crippen LogP contribution in [0.2, 0.25) is 0 Å². The third kappa shape index (κ3) is 4.93. The summed E-state index contributed by atoms with van der Waals surface area (Å²) >= 11 is 0. The van der Waals surface area contributed by atoms with E-state index in [0.29, 0.717) is 36.2 Å². The molecule has 0 aliphatic rings. The predicted molar refractivity (Wildman–Crippen MR) is 107 cm³/mol. The zero-order valence-corrected chi connectivity index (χ0v) is 17.0. The van der Waals surface area contributed by atoms with Gasteiger partial charge in [0.05, 0.1) is 18.8 Å². The van der Waals surface area contributed by atoms with Crippen molar-refractivity contribution in [1.82, 2.24) is 10.2 Å². The second kappa shape index (κ2) is 9.23. The van der Waals surface area contributed by atoms with Gasteiger partial charge in [-0.3, -0.25) is 0 Å². The summed E-state index contributed by atoms with van der Waals surface area (Å²) in [6.07, 6.45) is -0.698. The van der Waals surface area contributed by atoms with Crippen LogP contribution in [0.5, 0.6) is 11.5 Å². The van der Waals surface area contributed by atoms with E-state index in [4.69, 9.17) is 18.6 Å². The highest BCUT2D eigenvalue weighted by atomic mass is 16.6. The summed E-state index contributed by atoms with van der Waals surface area (Å²) in [6, 6.07) is 12.7. The Labute approximate surface area is 169 Å². The minimum Gasteiger partial charge on any atom is -0.490 e. The largest absolute Gasteiger partial charge is 0.490 e. The third-order valence-corrected chi connectivity index (χ3v) is 4.15. The number of benzene rings is 2. The smallest absolute Gasteiger partial charge is 0.339 e. The molecule has 29 heavy (non-hydrogen) atoms. The number of hydrogen-bond donors (Lipinski definition) is 0. The maximum atomic E-state index is 12.6. The third-order valence-electron chi connectivity index (χ3n) is 4.15. The topological polar surface area (TPSA) is 83.7 Å². The van der Waals surface area contributed by atoms with Crippen LogP contribution in [0.25, 0.3) is 11.5 Å². The van der Waals surface area contributed by atoms with E-state index in [9.17, 15) is 4.79 Å². The van der Waals surface area contributed by atoms with Gasteiger partial charge >= 0.3 is 5.97 Å². The van der Waals surface area contributed by atoms with E-state index >= 15 is 0 Å². The predicted octanol–water partition coefficient (Wildman–Crippen LogP) is 4.76. The lowest BCUT2D eigenvalue weighted by Crippen LogP contribution is -2.10. The number of hydrogen-bond acceptors (Lipinski definition) is 7. The van der Waals surface area contributed by atoms with E-state index in [1.165, 1.54) is 0 Å². The Hall–Kier alpha value is -3.35. The molecule has 1 heterocycles. The number of nitrogens with zero attached hydrogens (tertiary/aromatic N) is 2. The molecule has 0 aliphatic carbocycles. The first kappa shape index (κ1) is 20.4. The summed E-state index contributed by atoms with van der Waals surface area (Å²) in [6.45, 7) is 8.39. The van der Waals surface area contributed by atoms with Gasteiger partial charge in [0.15, 0.2) is 17.6 Å². The van der Waals surface area contributed by atoms with Crippen LogP contribution >= 0.6 is 0 Å². The van der Waals surface area contributed by atoms with Gasteiger partial charge in [-0.05, 0) is 58.0 Å². The maximum Gasteiger partial charge on any atom is 0.339 e. The van der Waals surface area contributed by atoms with Crippen molar-refractivity contribution in [2.24, 2.45) is 0 Å². The average molecular weight is 396 g/mol. The highest BCUT2D eigenvalue weighted by Crippen LogP contribution is 2.30. The second-order valence-electron chi connectivity index (χ2n) is 6.39. The van der Waals surface area contributed by atoms with E-state index in [0.717, 1.165) is 11.1 Å². The standard InChI is InChI=1S/C22H24N2O5/c1-5-26-18-12-11-17(13-19(18)27-6-2)22(25)28-15(4)20-23-24-21(29-20)16-9-7-14(3)8-10-16/h7-13,15H,5-6H2,1-4H3/t15-/m0/s1. The number of carbonyl (C=O) groups excluding carboxylic acids is 1. The van der Waals surface area contributed by atoms with Crippen LogP contribution in [0.1, 0.15) is 48.7 Å². The maximum absolute atomic E-state index is 12.6. The van der Waals surface area contributed by atoms with Crippen LogP contribution in [-0.4, -0.2) is 29.4 Å². The Kier molecular flexibility index (Phi) is 6.49. The molecule has 3 rings (SSSR count). The van der Waals surface area contributed by atoms with Crippen molar-refractivity contribution in [3.05, 3.63) is 59.5 Å². The van der Waals surface area contributed by atoms with E-state index < -0.39 is 12.1 Å². The fraction of sp³-hybridized carbons (Fsp3) is 0.318. The summed E-state index contributed by atoms with van der Waals surface area (Å²) in [5.74, 6) is 1.17. The summed E-state index contributed by atoms with van der Waals surface area (Å²) in [7, 11) is 0. The van der Waals surface area contributed by atoms with Crippen LogP contribution in [-0.2, 0) is 4.74 Å². The molecule has 7 nitrogen and oxygen atoms in total. The van der Waals surface area contributed by atoms with Crippen LogP contribution in [0.15, 0.2) is 46.9 Å². The SMILES string of the molecule is CCOc1ccc(C(=O)O[C@@H](C)c2nnc(-c3ccc(C)cc3)o2)cc1OCC.